The summed E-state index contributed by atoms with van der Waals surface area (Å²) in [6, 6.07) is 5.11. The van der Waals surface area contributed by atoms with E-state index in [0.29, 0.717) is 31.2 Å². The Labute approximate surface area is 164 Å². The molecular weight excluding hydrogens is 366 g/mol. The van der Waals surface area contributed by atoms with E-state index in [1.807, 2.05) is 31.7 Å². The first-order chi connectivity index (χ1) is 12.4. The third-order valence-corrected chi connectivity index (χ3v) is 4.93. The van der Waals surface area contributed by atoms with Crippen LogP contribution in [-0.4, -0.2) is 38.6 Å². The van der Waals surface area contributed by atoms with E-state index in [0.717, 1.165) is 5.56 Å². The molecular formula is C20H33NO5S. The molecule has 0 fully saturated rings. The van der Waals surface area contributed by atoms with Crippen LogP contribution in [0.25, 0.3) is 0 Å². The fourth-order valence-corrected chi connectivity index (χ4v) is 3.08. The maximum atomic E-state index is 12.8. The third kappa shape index (κ3) is 8.20. The highest BCUT2D eigenvalue weighted by Crippen LogP contribution is 2.30. The second-order valence-electron chi connectivity index (χ2n) is 8.32. The second-order valence-corrected chi connectivity index (χ2v) is 10.2. The van der Waals surface area contributed by atoms with Gasteiger partial charge >= 0.3 is 10.1 Å². The number of carbonyl (C=O) groups is 1. The Balaban J connectivity index is 3.12. The molecule has 0 heterocycles. The van der Waals surface area contributed by atoms with Crippen LogP contribution in [0.15, 0.2) is 18.2 Å². The number of benzene rings is 1. The summed E-state index contributed by atoms with van der Waals surface area (Å²) in [5, 5.41) is 0. The topological polar surface area (TPSA) is 72.9 Å². The van der Waals surface area contributed by atoms with E-state index >= 15 is 0 Å². The second kappa shape index (κ2) is 9.44. The highest BCUT2D eigenvalue weighted by Gasteiger charge is 2.23. The van der Waals surface area contributed by atoms with Crippen molar-refractivity contribution in [3.05, 3.63) is 23.8 Å². The molecule has 0 N–H and O–H groups in total. The minimum atomic E-state index is -3.67. The molecule has 1 rings (SSSR count). The Morgan fingerprint density at radius 2 is 1.81 bits per heavy atom. The minimum Gasteiger partial charge on any atom is -0.493 e. The molecule has 27 heavy (non-hydrogen) atoms. The van der Waals surface area contributed by atoms with E-state index in [9.17, 15) is 13.2 Å². The molecule has 1 aromatic rings. The number of rotatable bonds is 9. The van der Waals surface area contributed by atoms with Gasteiger partial charge in [0.15, 0.2) is 11.5 Å². The van der Waals surface area contributed by atoms with Crippen molar-refractivity contribution in [2.24, 2.45) is 11.3 Å². The number of amides is 1. The predicted molar refractivity (Wildman–Crippen MR) is 107 cm³/mol. The van der Waals surface area contributed by atoms with Crippen LogP contribution in [0.5, 0.6) is 11.5 Å². The van der Waals surface area contributed by atoms with Crippen molar-refractivity contribution in [1.29, 1.82) is 0 Å². The first kappa shape index (κ1) is 23.3. The van der Waals surface area contributed by atoms with Crippen molar-refractivity contribution >= 4 is 16.0 Å². The van der Waals surface area contributed by atoms with Gasteiger partial charge in [0.05, 0.1) is 12.9 Å². The Bertz CT molecular complexity index is 735. The largest absolute Gasteiger partial charge is 0.493 e. The molecule has 0 aliphatic rings. The summed E-state index contributed by atoms with van der Waals surface area (Å²) in [6.45, 7) is 12.8. The highest BCUT2D eigenvalue weighted by atomic mass is 32.2. The van der Waals surface area contributed by atoms with Gasteiger partial charge in [-0.15, -0.1) is 0 Å². The molecule has 0 spiro atoms. The van der Waals surface area contributed by atoms with Crippen LogP contribution in [0.4, 0.5) is 0 Å². The molecule has 0 unspecified atom stereocenters. The van der Waals surface area contributed by atoms with Gasteiger partial charge in [-0.05, 0) is 36.0 Å². The third-order valence-electron chi connectivity index (χ3n) is 3.79. The SMILES string of the molecule is CCS(=O)(=O)Oc1cc(CN(CC(C)C)C(=O)CC(C)(C)C)ccc1OC. The summed E-state index contributed by atoms with van der Waals surface area (Å²) < 4.78 is 34.0. The zero-order valence-corrected chi connectivity index (χ0v) is 18.4. The Kier molecular flexibility index (Phi) is 8.14. The summed E-state index contributed by atoms with van der Waals surface area (Å²) in [7, 11) is -2.21. The molecule has 6 nitrogen and oxygen atoms in total. The van der Waals surface area contributed by atoms with Gasteiger partial charge in [-0.1, -0.05) is 40.7 Å². The van der Waals surface area contributed by atoms with E-state index < -0.39 is 10.1 Å². The van der Waals surface area contributed by atoms with Gasteiger partial charge in [0.25, 0.3) is 0 Å². The minimum absolute atomic E-state index is 0.0793. The first-order valence-corrected chi connectivity index (χ1v) is 10.8. The molecule has 0 saturated carbocycles. The fourth-order valence-electron chi connectivity index (χ4n) is 2.56. The molecule has 0 aliphatic heterocycles. The first-order valence-electron chi connectivity index (χ1n) is 9.23. The number of nitrogens with zero attached hydrogens (tertiary/aromatic N) is 1. The van der Waals surface area contributed by atoms with Crippen LogP contribution in [0.1, 0.15) is 53.5 Å². The lowest BCUT2D eigenvalue weighted by molar-refractivity contribution is -0.134. The molecule has 1 amide bonds. The van der Waals surface area contributed by atoms with Gasteiger partial charge in [-0.2, -0.15) is 8.42 Å². The van der Waals surface area contributed by atoms with Crippen molar-refractivity contribution in [1.82, 2.24) is 4.90 Å². The molecule has 7 heteroatoms. The summed E-state index contributed by atoms with van der Waals surface area (Å²) >= 11 is 0. The molecule has 0 radical (unpaired) electrons. The van der Waals surface area contributed by atoms with Crippen LogP contribution in [0.3, 0.4) is 0 Å². The van der Waals surface area contributed by atoms with Gasteiger partial charge < -0.3 is 13.8 Å². The molecule has 0 aromatic heterocycles. The van der Waals surface area contributed by atoms with Gasteiger partial charge in [-0.25, -0.2) is 0 Å². The molecule has 1 aromatic carbocycles. The van der Waals surface area contributed by atoms with E-state index in [1.165, 1.54) is 14.0 Å². The van der Waals surface area contributed by atoms with Gasteiger partial charge in [0, 0.05) is 19.5 Å². The average Bonchev–Trinajstić information content (AvgIpc) is 2.52. The lowest BCUT2D eigenvalue weighted by atomic mass is 9.91. The van der Waals surface area contributed by atoms with Gasteiger partial charge in [-0.3, -0.25) is 4.79 Å². The van der Waals surface area contributed by atoms with Crippen molar-refractivity contribution in [3.63, 3.8) is 0 Å². The van der Waals surface area contributed by atoms with Gasteiger partial charge in [0.1, 0.15) is 0 Å². The zero-order valence-electron chi connectivity index (χ0n) is 17.5. The van der Waals surface area contributed by atoms with Crippen LogP contribution >= 0.6 is 0 Å². The Hall–Kier alpha value is -1.76. The summed E-state index contributed by atoms with van der Waals surface area (Å²) in [5.41, 5.74) is 0.690. The summed E-state index contributed by atoms with van der Waals surface area (Å²) in [6.07, 6.45) is 0.448. The number of hydrogen-bond acceptors (Lipinski definition) is 5. The van der Waals surface area contributed by atoms with Crippen LogP contribution < -0.4 is 8.92 Å². The standard InChI is InChI=1S/C20H33NO5S/c1-8-27(23,24)26-18-11-16(9-10-17(18)25-7)14-21(13-15(2)3)19(22)12-20(4,5)6/h9-11,15H,8,12-14H2,1-7H3. The van der Waals surface area contributed by atoms with Crippen molar-refractivity contribution in [3.8, 4) is 11.5 Å². The van der Waals surface area contributed by atoms with E-state index in [2.05, 4.69) is 13.8 Å². The fraction of sp³-hybridized carbons (Fsp3) is 0.650. The molecule has 0 aliphatic carbocycles. The van der Waals surface area contributed by atoms with E-state index in [-0.39, 0.29) is 22.8 Å². The maximum Gasteiger partial charge on any atom is 0.309 e. The van der Waals surface area contributed by atoms with Crippen molar-refractivity contribution in [2.45, 2.75) is 54.5 Å². The van der Waals surface area contributed by atoms with Crippen molar-refractivity contribution in [2.75, 3.05) is 19.4 Å². The quantitative estimate of drug-likeness (QED) is 0.590. The van der Waals surface area contributed by atoms with E-state index in [1.54, 1.807) is 12.1 Å². The number of methoxy groups -OCH3 is 1. The number of carbonyl (C=O) groups excluding carboxylic acids is 1. The normalized spacial score (nSPS) is 12.1. The molecule has 154 valence electrons. The van der Waals surface area contributed by atoms with Gasteiger partial charge in [0.2, 0.25) is 5.91 Å². The number of hydrogen-bond donors (Lipinski definition) is 0. The summed E-state index contributed by atoms with van der Waals surface area (Å²) in [4.78, 5) is 14.6. The number of ether oxygens (including phenoxy) is 1. The van der Waals surface area contributed by atoms with Crippen LogP contribution in [0.2, 0.25) is 0 Å². The lowest BCUT2D eigenvalue weighted by Crippen LogP contribution is -2.35. The van der Waals surface area contributed by atoms with E-state index in [4.69, 9.17) is 8.92 Å². The Morgan fingerprint density at radius 1 is 1.19 bits per heavy atom. The molecule has 0 saturated heterocycles. The lowest BCUT2D eigenvalue weighted by Gasteiger charge is -2.28. The van der Waals surface area contributed by atoms with Crippen molar-refractivity contribution < 1.29 is 22.1 Å². The van der Waals surface area contributed by atoms with Crippen LogP contribution in [-0.2, 0) is 21.5 Å². The maximum absolute atomic E-state index is 12.8. The molecule has 0 bridgehead atoms. The zero-order chi connectivity index (χ0) is 20.8. The average molecular weight is 400 g/mol. The smallest absolute Gasteiger partial charge is 0.309 e. The predicted octanol–water partition coefficient (Wildman–Crippen LogP) is 3.84. The van der Waals surface area contributed by atoms with Crippen LogP contribution in [0, 0.1) is 11.3 Å². The molecule has 0 atom stereocenters. The summed E-state index contributed by atoms with van der Waals surface area (Å²) in [5.74, 6) is 0.750. The monoisotopic (exact) mass is 399 g/mol. The highest BCUT2D eigenvalue weighted by molar-refractivity contribution is 7.87. The Morgan fingerprint density at radius 3 is 2.30 bits per heavy atom.